The summed E-state index contributed by atoms with van der Waals surface area (Å²) in [4.78, 5) is 11.0. The van der Waals surface area contributed by atoms with E-state index in [1.165, 1.54) is 7.11 Å². The van der Waals surface area contributed by atoms with E-state index in [1.54, 1.807) is 29.9 Å². The number of fused-ring (bicyclic) bond motifs is 1. The molecule has 2 aromatic rings. The van der Waals surface area contributed by atoms with Gasteiger partial charge < -0.3 is 25.7 Å². The number of aromatic nitrogens is 2. The number of allylic oxidation sites excluding steroid dienone is 1. The molecule has 9 nitrogen and oxygen atoms in total. The van der Waals surface area contributed by atoms with Crippen molar-refractivity contribution in [1.82, 2.24) is 9.78 Å². The molecule has 0 unspecified atom stereocenters. The number of ether oxygens (including phenoxy) is 3. The molecule has 0 saturated carbocycles. The fourth-order valence-corrected chi connectivity index (χ4v) is 3.44. The van der Waals surface area contributed by atoms with E-state index in [9.17, 15) is 10.1 Å². The average Bonchev–Trinajstić information content (AvgIpc) is 3.00. The van der Waals surface area contributed by atoms with Crippen LogP contribution < -0.4 is 25.7 Å². The van der Waals surface area contributed by atoms with Crippen molar-refractivity contribution in [3.63, 3.8) is 0 Å². The van der Waals surface area contributed by atoms with Gasteiger partial charge in [-0.2, -0.15) is 10.4 Å². The molecule has 1 atom stereocenters. The Kier molecular flexibility index (Phi) is 5.64. The van der Waals surface area contributed by atoms with E-state index in [-0.39, 0.29) is 12.5 Å². The summed E-state index contributed by atoms with van der Waals surface area (Å²) >= 11 is 0. The van der Waals surface area contributed by atoms with Gasteiger partial charge in [0.2, 0.25) is 11.8 Å². The van der Waals surface area contributed by atoms with Gasteiger partial charge in [0, 0.05) is 7.05 Å². The van der Waals surface area contributed by atoms with Gasteiger partial charge in [0.05, 0.1) is 24.3 Å². The van der Waals surface area contributed by atoms with Gasteiger partial charge in [0.1, 0.15) is 11.6 Å². The van der Waals surface area contributed by atoms with Gasteiger partial charge in [-0.3, -0.25) is 4.79 Å². The number of aryl methyl sites for hydroxylation is 2. The fraction of sp³-hybridized carbons (Fsp3) is 0.350. The Labute approximate surface area is 168 Å². The van der Waals surface area contributed by atoms with E-state index < -0.39 is 11.8 Å². The van der Waals surface area contributed by atoms with Gasteiger partial charge in [0.25, 0.3) is 5.91 Å². The Bertz CT molecular complexity index is 1020. The second-order valence-corrected chi connectivity index (χ2v) is 6.63. The first kappa shape index (κ1) is 20.1. The minimum atomic E-state index is -0.591. The highest BCUT2D eigenvalue weighted by Crippen LogP contribution is 2.45. The van der Waals surface area contributed by atoms with Crippen LogP contribution in [0.4, 0.5) is 0 Å². The summed E-state index contributed by atoms with van der Waals surface area (Å²) in [5.41, 5.74) is 13.9. The van der Waals surface area contributed by atoms with E-state index in [0.717, 1.165) is 29.7 Å². The first-order chi connectivity index (χ1) is 13.9. The Balaban J connectivity index is 2.14. The van der Waals surface area contributed by atoms with Gasteiger partial charge in [-0.05, 0) is 24.1 Å². The molecule has 0 spiro atoms. The van der Waals surface area contributed by atoms with Crippen molar-refractivity contribution in [2.24, 2.45) is 18.5 Å². The Morgan fingerprint density at radius 3 is 2.79 bits per heavy atom. The molecule has 1 aliphatic heterocycles. The lowest BCUT2D eigenvalue weighted by Crippen LogP contribution is -2.22. The minimum absolute atomic E-state index is 0.0454. The monoisotopic (exact) mass is 397 g/mol. The maximum Gasteiger partial charge on any atom is 0.255 e. The van der Waals surface area contributed by atoms with Crippen LogP contribution in [0.5, 0.6) is 17.4 Å². The number of methoxy groups -OCH3 is 1. The standard InChI is InChI=1S/C20H23N5O4/c1-4-5-13-18-17(12(9-21)19(23)29-20(18)25(2)24-13)11-6-7-14(15(8-11)27-3)28-10-16(22)26/h6-8,17H,4-5,10,23H2,1-3H3,(H2,22,26)/t17-/m0/s1. The molecule has 9 heteroatoms. The summed E-state index contributed by atoms with van der Waals surface area (Å²) in [5.74, 6) is 0.295. The summed E-state index contributed by atoms with van der Waals surface area (Å²) in [5, 5.41) is 14.3. The van der Waals surface area contributed by atoms with E-state index in [0.29, 0.717) is 23.0 Å². The summed E-state index contributed by atoms with van der Waals surface area (Å²) in [6.45, 7) is 1.79. The lowest BCUT2D eigenvalue weighted by Gasteiger charge is -2.25. The van der Waals surface area contributed by atoms with Crippen molar-refractivity contribution in [3.05, 3.63) is 46.5 Å². The zero-order valence-electron chi connectivity index (χ0n) is 16.6. The Hall–Kier alpha value is -3.67. The second kappa shape index (κ2) is 8.14. The predicted octanol–water partition coefficient (Wildman–Crippen LogP) is 1.46. The molecular weight excluding hydrogens is 374 g/mol. The first-order valence-corrected chi connectivity index (χ1v) is 9.13. The molecule has 29 heavy (non-hydrogen) atoms. The third kappa shape index (κ3) is 3.69. The Morgan fingerprint density at radius 1 is 1.41 bits per heavy atom. The lowest BCUT2D eigenvalue weighted by molar-refractivity contribution is -0.119. The predicted molar refractivity (Wildman–Crippen MR) is 104 cm³/mol. The number of amides is 1. The molecule has 2 heterocycles. The molecule has 1 amide bonds. The number of hydrogen-bond donors (Lipinski definition) is 2. The number of rotatable bonds is 7. The van der Waals surface area contributed by atoms with Gasteiger partial charge >= 0.3 is 0 Å². The van der Waals surface area contributed by atoms with Crippen LogP contribution in [-0.4, -0.2) is 29.4 Å². The molecule has 152 valence electrons. The molecule has 1 aromatic carbocycles. The highest BCUT2D eigenvalue weighted by atomic mass is 16.5. The quantitative estimate of drug-likeness (QED) is 0.721. The number of primary amides is 1. The van der Waals surface area contributed by atoms with E-state index in [2.05, 4.69) is 18.1 Å². The third-order valence-electron chi connectivity index (χ3n) is 4.65. The number of carbonyl (C=O) groups is 1. The van der Waals surface area contributed by atoms with Crippen molar-refractivity contribution >= 4 is 5.91 Å². The zero-order valence-corrected chi connectivity index (χ0v) is 16.6. The zero-order chi connectivity index (χ0) is 21.1. The van der Waals surface area contributed by atoms with Crippen LogP contribution >= 0.6 is 0 Å². The average molecular weight is 397 g/mol. The van der Waals surface area contributed by atoms with Crippen LogP contribution in [0.15, 0.2) is 29.7 Å². The SMILES string of the molecule is CCCc1nn(C)c2c1[C@@H](c1ccc(OCC(N)=O)c(OC)c1)C(C#N)=C(N)O2. The van der Waals surface area contributed by atoms with Gasteiger partial charge in [-0.1, -0.05) is 19.4 Å². The number of carbonyl (C=O) groups excluding carboxylic acids is 1. The molecule has 0 fully saturated rings. The highest BCUT2D eigenvalue weighted by Gasteiger charge is 2.36. The number of nitriles is 1. The van der Waals surface area contributed by atoms with Gasteiger partial charge in [-0.25, -0.2) is 4.68 Å². The van der Waals surface area contributed by atoms with Crippen LogP contribution in [-0.2, 0) is 18.3 Å². The maximum absolute atomic E-state index is 11.0. The summed E-state index contributed by atoms with van der Waals surface area (Å²) in [7, 11) is 3.27. The topological polar surface area (TPSA) is 138 Å². The summed E-state index contributed by atoms with van der Waals surface area (Å²) in [6, 6.07) is 7.40. The first-order valence-electron chi connectivity index (χ1n) is 9.13. The molecular formula is C20H23N5O4. The smallest absolute Gasteiger partial charge is 0.255 e. The maximum atomic E-state index is 11.0. The van der Waals surface area contributed by atoms with E-state index in [1.807, 2.05) is 0 Å². The largest absolute Gasteiger partial charge is 0.493 e. The van der Waals surface area contributed by atoms with Crippen LogP contribution in [0.25, 0.3) is 0 Å². The summed E-state index contributed by atoms with van der Waals surface area (Å²) < 4.78 is 18.2. The second-order valence-electron chi connectivity index (χ2n) is 6.63. The van der Waals surface area contributed by atoms with Crippen LogP contribution in [0.3, 0.4) is 0 Å². The minimum Gasteiger partial charge on any atom is -0.493 e. The molecule has 0 aliphatic carbocycles. The third-order valence-corrected chi connectivity index (χ3v) is 4.65. The van der Waals surface area contributed by atoms with Crippen molar-refractivity contribution in [3.8, 4) is 23.4 Å². The van der Waals surface area contributed by atoms with Gasteiger partial charge in [-0.15, -0.1) is 0 Å². The highest BCUT2D eigenvalue weighted by molar-refractivity contribution is 5.75. The molecule has 0 bridgehead atoms. The fourth-order valence-electron chi connectivity index (χ4n) is 3.44. The molecule has 1 aliphatic rings. The van der Waals surface area contributed by atoms with E-state index >= 15 is 0 Å². The van der Waals surface area contributed by atoms with Crippen LogP contribution in [0.2, 0.25) is 0 Å². The number of benzene rings is 1. The number of nitrogens with two attached hydrogens (primary N) is 2. The number of hydrogen-bond acceptors (Lipinski definition) is 7. The van der Waals surface area contributed by atoms with Crippen molar-refractivity contribution in [2.75, 3.05) is 13.7 Å². The summed E-state index contributed by atoms with van der Waals surface area (Å²) in [6.07, 6.45) is 1.62. The molecule has 0 saturated heterocycles. The normalized spacial score (nSPS) is 15.3. The molecule has 4 N–H and O–H groups in total. The molecule has 1 aromatic heterocycles. The van der Waals surface area contributed by atoms with Crippen molar-refractivity contribution in [1.29, 1.82) is 5.26 Å². The van der Waals surface area contributed by atoms with Crippen LogP contribution in [0.1, 0.15) is 36.1 Å². The molecule has 3 rings (SSSR count). The lowest BCUT2D eigenvalue weighted by atomic mass is 9.83. The molecule has 0 radical (unpaired) electrons. The van der Waals surface area contributed by atoms with Gasteiger partial charge in [0.15, 0.2) is 18.1 Å². The van der Waals surface area contributed by atoms with Crippen molar-refractivity contribution in [2.45, 2.75) is 25.7 Å². The van der Waals surface area contributed by atoms with E-state index in [4.69, 9.17) is 25.7 Å². The number of nitrogens with zero attached hydrogens (tertiary/aromatic N) is 3. The van der Waals surface area contributed by atoms with Crippen molar-refractivity contribution < 1.29 is 19.0 Å². The Morgan fingerprint density at radius 2 is 2.17 bits per heavy atom. The van der Waals surface area contributed by atoms with Crippen LogP contribution in [0, 0.1) is 11.3 Å².